The summed E-state index contributed by atoms with van der Waals surface area (Å²) < 4.78 is 0. The lowest BCUT2D eigenvalue weighted by Crippen LogP contribution is -2.33. The first-order chi connectivity index (χ1) is 19.5. The number of rotatable bonds is 15. The van der Waals surface area contributed by atoms with Crippen molar-refractivity contribution in [3.05, 3.63) is 58.1 Å². The number of anilines is 1. The Labute approximate surface area is 240 Å². The molecule has 0 fully saturated rings. The molecule has 0 amide bonds. The monoisotopic (exact) mass is 568 g/mol. The number of phenolic OH excluding ortho intramolecular Hbond substituents is 1. The first-order valence-corrected chi connectivity index (χ1v) is 13.8. The van der Waals surface area contributed by atoms with E-state index in [1.54, 1.807) is 12.1 Å². The SMILES string of the molecule is CC(=O)CC(=O)C(CO)C(CCO)CC1CC(=O)c2c(O)c(CNCc3ccc(C(=O)O)cc3)cc(N(C)C)c2C1. The fourth-order valence-electron chi connectivity index (χ4n) is 5.76. The molecule has 0 aromatic heterocycles. The number of aromatic carboxylic acids is 1. The van der Waals surface area contributed by atoms with Crippen molar-refractivity contribution in [2.45, 2.75) is 52.1 Å². The second-order valence-electron chi connectivity index (χ2n) is 11.1. The molecule has 0 bridgehead atoms. The van der Waals surface area contributed by atoms with E-state index in [0.29, 0.717) is 30.5 Å². The summed E-state index contributed by atoms with van der Waals surface area (Å²) in [6, 6.07) is 8.35. The number of hydrogen-bond acceptors (Lipinski definition) is 9. The molecule has 41 heavy (non-hydrogen) atoms. The van der Waals surface area contributed by atoms with Crippen LogP contribution in [0.1, 0.15) is 70.0 Å². The van der Waals surface area contributed by atoms with Gasteiger partial charge in [-0.05, 0) is 67.3 Å². The minimum absolute atomic E-state index is 0.0699. The van der Waals surface area contributed by atoms with Gasteiger partial charge in [0.25, 0.3) is 0 Å². The summed E-state index contributed by atoms with van der Waals surface area (Å²) in [6.07, 6.45) is 1.04. The Morgan fingerprint density at radius 2 is 1.76 bits per heavy atom. The third kappa shape index (κ3) is 8.00. The van der Waals surface area contributed by atoms with Gasteiger partial charge in [-0.1, -0.05) is 12.1 Å². The highest BCUT2D eigenvalue weighted by atomic mass is 16.4. The average molecular weight is 569 g/mol. The number of carboxylic acids is 1. The largest absolute Gasteiger partial charge is 0.507 e. The van der Waals surface area contributed by atoms with Crippen LogP contribution in [0.2, 0.25) is 0 Å². The summed E-state index contributed by atoms with van der Waals surface area (Å²) in [7, 11) is 3.72. The van der Waals surface area contributed by atoms with E-state index in [9.17, 15) is 34.5 Å². The first kappa shape index (κ1) is 31.9. The molecule has 5 N–H and O–H groups in total. The predicted octanol–water partition coefficient (Wildman–Crippen LogP) is 2.74. The molecular formula is C31H40N2O8. The van der Waals surface area contributed by atoms with Crippen molar-refractivity contribution in [3.63, 3.8) is 0 Å². The van der Waals surface area contributed by atoms with Crippen molar-refractivity contribution < 1.29 is 39.6 Å². The van der Waals surface area contributed by atoms with Crippen LogP contribution in [0.5, 0.6) is 5.75 Å². The van der Waals surface area contributed by atoms with Crippen molar-refractivity contribution in [3.8, 4) is 5.75 Å². The molecule has 222 valence electrons. The van der Waals surface area contributed by atoms with Gasteiger partial charge in [0.05, 0.1) is 24.2 Å². The molecule has 1 aliphatic carbocycles. The fraction of sp³-hybridized carbons (Fsp3) is 0.484. The van der Waals surface area contributed by atoms with Crippen molar-refractivity contribution >= 4 is 29.0 Å². The van der Waals surface area contributed by atoms with Crippen LogP contribution in [-0.4, -0.2) is 71.1 Å². The van der Waals surface area contributed by atoms with Crippen molar-refractivity contribution in [2.75, 3.05) is 32.2 Å². The van der Waals surface area contributed by atoms with Gasteiger partial charge in [-0.3, -0.25) is 14.4 Å². The van der Waals surface area contributed by atoms with E-state index in [2.05, 4.69) is 5.32 Å². The van der Waals surface area contributed by atoms with E-state index in [0.717, 1.165) is 16.8 Å². The highest BCUT2D eigenvalue weighted by molar-refractivity contribution is 6.03. The predicted molar refractivity (Wildman–Crippen MR) is 153 cm³/mol. The van der Waals surface area contributed by atoms with Gasteiger partial charge < -0.3 is 30.6 Å². The second kappa shape index (κ2) is 14.3. The number of ketones is 3. The first-order valence-electron chi connectivity index (χ1n) is 13.8. The zero-order chi connectivity index (χ0) is 30.3. The minimum atomic E-state index is -0.995. The van der Waals surface area contributed by atoms with Crippen molar-refractivity contribution in [1.82, 2.24) is 5.32 Å². The van der Waals surface area contributed by atoms with Gasteiger partial charge in [-0.25, -0.2) is 4.79 Å². The number of aromatic hydroxyl groups is 1. The van der Waals surface area contributed by atoms with Crippen LogP contribution in [0, 0.1) is 17.8 Å². The number of fused-ring (bicyclic) bond motifs is 1. The number of nitrogens with zero attached hydrogens (tertiary/aromatic N) is 1. The molecule has 10 nitrogen and oxygen atoms in total. The van der Waals surface area contributed by atoms with Crippen molar-refractivity contribution in [2.24, 2.45) is 17.8 Å². The van der Waals surface area contributed by atoms with Crippen molar-refractivity contribution in [1.29, 1.82) is 0 Å². The van der Waals surface area contributed by atoms with E-state index in [1.165, 1.54) is 19.1 Å². The fourth-order valence-corrected chi connectivity index (χ4v) is 5.76. The molecule has 0 aliphatic heterocycles. The summed E-state index contributed by atoms with van der Waals surface area (Å²) in [5, 5.41) is 43.1. The standard InChI is InChI=1S/C31H40N2O8/c1-18(36)10-27(37)25(17-35)22(8-9-34)11-20-12-24-26(33(2)3)14-23(30(39)29(24)28(38)13-20)16-32-15-19-4-6-21(7-5-19)31(40)41/h4-7,14,20,22,25,32,34-35,39H,8-13,15-17H2,1-3H3,(H,40,41). The lowest BCUT2D eigenvalue weighted by atomic mass is 9.73. The molecule has 3 atom stereocenters. The Bertz CT molecular complexity index is 1270. The van der Waals surface area contributed by atoms with Gasteiger partial charge >= 0.3 is 5.97 Å². The summed E-state index contributed by atoms with van der Waals surface area (Å²) >= 11 is 0. The maximum absolute atomic E-state index is 13.4. The van der Waals surface area contributed by atoms with Gasteiger partial charge in [-0.15, -0.1) is 0 Å². The molecule has 0 radical (unpaired) electrons. The number of aliphatic hydroxyl groups is 2. The number of phenols is 1. The number of carbonyl (C=O) groups excluding carboxylic acids is 3. The number of carbonyl (C=O) groups is 4. The summed E-state index contributed by atoms with van der Waals surface area (Å²) in [5.41, 5.74) is 3.45. The second-order valence-corrected chi connectivity index (χ2v) is 11.1. The topological polar surface area (TPSA) is 164 Å². The molecule has 1 aliphatic rings. The Morgan fingerprint density at radius 3 is 2.32 bits per heavy atom. The number of aliphatic hydroxyl groups excluding tert-OH is 2. The molecule has 0 saturated carbocycles. The number of carboxylic acid groups (broad SMARTS) is 1. The minimum Gasteiger partial charge on any atom is -0.507 e. The van der Waals surface area contributed by atoms with Gasteiger partial charge in [0.1, 0.15) is 17.3 Å². The van der Waals surface area contributed by atoms with Crippen LogP contribution >= 0.6 is 0 Å². The summed E-state index contributed by atoms with van der Waals surface area (Å²) in [4.78, 5) is 50.5. The van der Waals surface area contributed by atoms with E-state index in [1.807, 2.05) is 25.1 Å². The Balaban J connectivity index is 1.81. The maximum atomic E-state index is 13.4. The molecule has 0 heterocycles. The smallest absolute Gasteiger partial charge is 0.335 e. The van der Waals surface area contributed by atoms with Gasteiger partial charge in [-0.2, -0.15) is 0 Å². The quantitative estimate of drug-likeness (QED) is 0.202. The molecule has 3 unspecified atom stereocenters. The Hall–Kier alpha value is -3.60. The van der Waals surface area contributed by atoms with E-state index in [4.69, 9.17) is 5.11 Å². The highest BCUT2D eigenvalue weighted by Gasteiger charge is 2.36. The molecular weight excluding hydrogens is 528 g/mol. The van der Waals surface area contributed by atoms with Crippen LogP contribution in [0.25, 0.3) is 0 Å². The van der Waals surface area contributed by atoms with Gasteiger partial charge in [0.2, 0.25) is 0 Å². The van der Waals surface area contributed by atoms with Crippen LogP contribution in [-0.2, 0) is 29.1 Å². The van der Waals surface area contributed by atoms with Crippen LogP contribution in [0.15, 0.2) is 30.3 Å². The van der Waals surface area contributed by atoms with E-state index < -0.39 is 18.5 Å². The zero-order valence-corrected chi connectivity index (χ0v) is 23.9. The number of hydrogen-bond donors (Lipinski definition) is 5. The highest BCUT2D eigenvalue weighted by Crippen LogP contribution is 2.42. The lowest BCUT2D eigenvalue weighted by molar-refractivity contribution is -0.131. The van der Waals surface area contributed by atoms with Crippen LogP contribution < -0.4 is 10.2 Å². The maximum Gasteiger partial charge on any atom is 0.335 e. The van der Waals surface area contributed by atoms with E-state index >= 15 is 0 Å². The van der Waals surface area contributed by atoms with Crippen LogP contribution in [0.3, 0.4) is 0 Å². The third-order valence-electron chi connectivity index (χ3n) is 7.77. The lowest BCUT2D eigenvalue weighted by Gasteiger charge is -2.33. The summed E-state index contributed by atoms with van der Waals surface area (Å²) in [5.74, 6) is -3.26. The molecule has 2 aromatic carbocycles. The van der Waals surface area contributed by atoms with Gasteiger partial charge in [0, 0.05) is 57.4 Å². The normalized spacial score (nSPS) is 16.1. The third-order valence-corrected chi connectivity index (χ3v) is 7.77. The molecule has 10 heteroatoms. The molecule has 0 saturated heterocycles. The molecule has 0 spiro atoms. The van der Waals surface area contributed by atoms with Gasteiger partial charge in [0.15, 0.2) is 5.78 Å². The Kier molecular flexibility index (Phi) is 11.2. The summed E-state index contributed by atoms with van der Waals surface area (Å²) in [6.45, 7) is 1.42. The number of benzene rings is 2. The van der Waals surface area contributed by atoms with E-state index in [-0.39, 0.29) is 72.9 Å². The Morgan fingerprint density at radius 1 is 1.07 bits per heavy atom. The number of nitrogens with one attached hydrogen (secondary N) is 1. The zero-order valence-electron chi connectivity index (χ0n) is 23.9. The molecule has 2 aromatic rings. The van der Waals surface area contributed by atoms with Crippen LogP contribution in [0.4, 0.5) is 5.69 Å². The average Bonchev–Trinajstić information content (AvgIpc) is 2.90. The number of Topliss-reactive ketones (excluding diaryl/α,β-unsaturated/α-hetero) is 3. The molecule has 3 rings (SSSR count).